The molecule has 0 bridgehead atoms. The van der Waals surface area contributed by atoms with Crippen LogP contribution in [-0.2, 0) is 17.8 Å². The van der Waals surface area contributed by atoms with Gasteiger partial charge in [-0.05, 0) is 30.0 Å². The lowest BCUT2D eigenvalue weighted by Crippen LogP contribution is -2.34. The first-order valence-electron chi connectivity index (χ1n) is 6.56. The summed E-state index contributed by atoms with van der Waals surface area (Å²) in [5, 5.41) is 6.13. The summed E-state index contributed by atoms with van der Waals surface area (Å²) in [5.74, 6) is 1.10. The third-order valence-electron chi connectivity index (χ3n) is 3.31. The third kappa shape index (κ3) is 2.82. The van der Waals surface area contributed by atoms with E-state index in [0.29, 0.717) is 12.6 Å². The molecule has 1 heterocycles. The zero-order valence-electron chi connectivity index (χ0n) is 10.4. The Morgan fingerprint density at radius 2 is 2.28 bits per heavy atom. The highest BCUT2D eigenvalue weighted by molar-refractivity contribution is 5.78. The molecule has 2 N–H and O–H groups in total. The van der Waals surface area contributed by atoms with Crippen LogP contribution in [0.1, 0.15) is 24.0 Å². The van der Waals surface area contributed by atoms with Crippen molar-refractivity contribution in [3.8, 4) is 5.75 Å². The molecule has 2 aliphatic rings. The van der Waals surface area contributed by atoms with E-state index in [9.17, 15) is 4.79 Å². The first-order chi connectivity index (χ1) is 8.81. The summed E-state index contributed by atoms with van der Waals surface area (Å²) in [4.78, 5) is 11.5. The number of carbonyl (C=O) groups excluding carboxylic acids is 1. The lowest BCUT2D eigenvalue weighted by atomic mass is 10.1. The Balaban J connectivity index is 1.46. The molecule has 0 atom stereocenters. The molecule has 0 radical (unpaired) electrons. The second kappa shape index (κ2) is 4.98. The van der Waals surface area contributed by atoms with E-state index in [2.05, 4.69) is 22.8 Å². The van der Waals surface area contributed by atoms with Gasteiger partial charge in [-0.1, -0.05) is 12.1 Å². The summed E-state index contributed by atoms with van der Waals surface area (Å²) >= 11 is 0. The van der Waals surface area contributed by atoms with Gasteiger partial charge in [0.15, 0.2) is 0 Å². The van der Waals surface area contributed by atoms with Crippen LogP contribution in [0, 0.1) is 0 Å². The third-order valence-corrected chi connectivity index (χ3v) is 3.31. The van der Waals surface area contributed by atoms with E-state index >= 15 is 0 Å². The van der Waals surface area contributed by atoms with Crippen LogP contribution >= 0.6 is 0 Å². The minimum atomic E-state index is 0.0991. The van der Waals surface area contributed by atoms with Gasteiger partial charge in [0.25, 0.3) is 0 Å². The standard InChI is InChI=1S/C14H18N2O2/c17-14(16-12-2-3-12)9-15-8-10-1-4-13-11(7-10)5-6-18-13/h1,4,7,12,15H,2-3,5-6,8-9H2,(H,16,17). The van der Waals surface area contributed by atoms with E-state index in [4.69, 9.17) is 4.74 Å². The molecule has 0 spiro atoms. The molecule has 1 aromatic rings. The van der Waals surface area contributed by atoms with Crippen LogP contribution in [-0.4, -0.2) is 25.1 Å². The van der Waals surface area contributed by atoms with Crippen molar-refractivity contribution in [2.75, 3.05) is 13.2 Å². The zero-order chi connectivity index (χ0) is 12.4. The van der Waals surface area contributed by atoms with Crippen molar-refractivity contribution in [2.45, 2.75) is 31.8 Å². The quantitative estimate of drug-likeness (QED) is 0.814. The molecule has 1 amide bonds. The first kappa shape index (κ1) is 11.5. The van der Waals surface area contributed by atoms with E-state index in [0.717, 1.165) is 38.2 Å². The summed E-state index contributed by atoms with van der Waals surface area (Å²) in [7, 11) is 0. The number of ether oxygens (including phenoxy) is 1. The highest BCUT2D eigenvalue weighted by Gasteiger charge is 2.22. The van der Waals surface area contributed by atoms with Crippen LogP contribution in [0.25, 0.3) is 0 Å². The van der Waals surface area contributed by atoms with E-state index in [-0.39, 0.29) is 5.91 Å². The van der Waals surface area contributed by atoms with Gasteiger partial charge >= 0.3 is 0 Å². The second-order valence-electron chi connectivity index (χ2n) is 4.99. The fraction of sp³-hybridized carbons (Fsp3) is 0.500. The van der Waals surface area contributed by atoms with Gasteiger partial charge in [0.05, 0.1) is 13.2 Å². The molecular weight excluding hydrogens is 228 g/mol. The summed E-state index contributed by atoms with van der Waals surface area (Å²) in [5.41, 5.74) is 2.48. The molecule has 1 aliphatic carbocycles. The fourth-order valence-corrected chi connectivity index (χ4v) is 2.18. The summed E-state index contributed by atoms with van der Waals surface area (Å²) in [6, 6.07) is 6.67. The highest BCUT2D eigenvalue weighted by Crippen LogP contribution is 2.25. The molecule has 0 saturated heterocycles. The summed E-state index contributed by atoms with van der Waals surface area (Å²) in [6.07, 6.45) is 3.26. The van der Waals surface area contributed by atoms with Crippen molar-refractivity contribution >= 4 is 5.91 Å². The number of amides is 1. The molecular formula is C14H18N2O2. The number of carbonyl (C=O) groups is 1. The van der Waals surface area contributed by atoms with Crippen molar-refractivity contribution in [2.24, 2.45) is 0 Å². The summed E-state index contributed by atoms with van der Waals surface area (Å²) in [6.45, 7) is 1.91. The van der Waals surface area contributed by atoms with Gasteiger partial charge in [0.2, 0.25) is 5.91 Å². The average Bonchev–Trinajstić information content (AvgIpc) is 3.05. The maximum absolute atomic E-state index is 11.5. The number of hydrogen-bond acceptors (Lipinski definition) is 3. The molecule has 1 saturated carbocycles. The van der Waals surface area contributed by atoms with Crippen LogP contribution in [0.2, 0.25) is 0 Å². The Labute approximate surface area is 107 Å². The van der Waals surface area contributed by atoms with Gasteiger partial charge in [-0.25, -0.2) is 0 Å². The van der Waals surface area contributed by atoms with Crippen molar-refractivity contribution < 1.29 is 9.53 Å². The lowest BCUT2D eigenvalue weighted by molar-refractivity contribution is -0.120. The van der Waals surface area contributed by atoms with Crippen LogP contribution in [0.3, 0.4) is 0 Å². The second-order valence-corrected chi connectivity index (χ2v) is 4.99. The highest BCUT2D eigenvalue weighted by atomic mass is 16.5. The lowest BCUT2D eigenvalue weighted by Gasteiger charge is -2.07. The molecule has 1 aromatic carbocycles. The molecule has 18 heavy (non-hydrogen) atoms. The molecule has 1 aliphatic heterocycles. The van der Waals surface area contributed by atoms with E-state index in [1.54, 1.807) is 0 Å². The van der Waals surface area contributed by atoms with Crippen LogP contribution in [0.15, 0.2) is 18.2 Å². The fourth-order valence-electron chi connectivity index (χ4n) is 2.18. The number of nitrogens with one attached hydrogen (secondary N) is 2. The molecule has 96 valence electrons. The molecule has 4 heteroatoms. The maximum Gasteiger partial charge on any atom is 0.234 e. The van der Waals surface area contributed by atoms with Crippen molar-refractivity contribution in [3.63, 3.8) is 0 Å². The smallest absolute Gasteiger partial charge is 0.234 e. The molecule has 4 nitrogen and oxygen atoms in total. The van der Waals surface area contributed by atoms with Gasteiger partial charge in [0.1, 0.15) is 5.75 Å². The predicted molar refractivity (Wildman–Crippen MR) is 68.5 cm³/mol. The Morgan fingerprint density at radius 1 is 1.39 bits per heavy atom. The largest absolute Gasteiger partial charge is 0.493 e. The van der Waals surface area contributed by atoms with E-state index in [1.807, 2.05) is 6.07 Å². The number of fused-ring (bicyclic) bond motifs is 1. The minimum absolute atomic E-state index is 0.0991. The van der Waals surface area contributed by atoms with Crippen LogP contribution in [0.4, 0.5) is 0 Å². The number of rotatable bonds is 5. The van der Waals surface area contributed by atoms with Gasteiger partial charge in [-0.15, -0.1) is 0 Å². The Morgan fingerprint density at radius 3 is 3.11 bits per heavy atom. The van der Waals surface area contributed by atoms with Gasteiger partial charge < -0.3 is 15.4 Å². The average molecular weight is 246 g/mol. The topological polar surface area (TPSA) is 50.4 Å². The van der Waals surface area contributed by atoms with Crippen molar-refractivity contribution in [1.82, 2.24) is 10.6 Å². The van der Waals surface area contributed by atoms with Gasteiger partial charge in [0, 0.05) is 19.0 Å². The van der Waals surface area contributed by atoms with Crippen molar-refractivity contribution in [3.05, 3.63) is 29.3 Å². The monoisotopic (exact) mass is 246 g/mol. The van der Waals surface area contributed by atoms with Crippen molar-refractivity contribution in [1.29, 1.82) is 0 Å². The van der Waals surface area contributed by atoms with E-state index < -0.39 is 0 Å². The predicted octanol–water partition coefficient (Wildman–Crippen LogP) is 0.990. The molecule has 3 rings (SSSR count). The molecule has 1 fully saturated rings. The number of hydrogen-bond donors (Lipinski definition) is 2. The molecule has 0 aromatic heterocycles. The van der Waals surface area contributed by atoms with Gasteiger partial charge in [-0.2, -0.15) is 0 Å². The van der Waals surface area contributed by atoms with Crippen LogP contribution in [0.5, 0.6) is 5.75 Å². The minimum Gasteiger partial charge on any atom is -0.493 e. The molecule has 0 unspecified atom stereocenters. The Kier molecular flexibility index (Phi) is 3.19. The first-order valence-corrected chi connectivity index (χ1v) is 6.56. The Hall–Kier alpha value is -1.55. The summed E-state index contributed by atoms with van der Waals surface area (Å²) < 4.78 is 5.46. The number of benzene rings is 1. The van der Waals surface area contributed by atoms with Gasteiger partial charge in [-0.3, -0.25) is 4.79 Å². The SMILES string of the molecule is O=C(CNCc1ccc2c(c1)CCO2)NC1CC1. The maximum atomic E-state index is 11.5. The normalized spacial score (nSPS) is 17.1. The van der Waals surface area contributed by atoms with E-state index in [1.165, 1.54) is 11.1 Å². The van der Waals surface area contributed by atoms with Crippen LogP contribution < -0.4 is 15.4 Å². The Bertz CT molecular complexity index is 455. The zero-order valence-corrected chi connectivity index (χ0v) is 10.4.